The summed E-state index contributed by atoms with van der Waals surface area (Å²) in [5.74, 6) is 1.30. The van der Waals surface area contributed by atoms with Crippen molar-refractivity contribution in [3.8, 4) is 17.1 Å². The van der Waals surface area contributed by atoms with Gasteiger partial charge in [-0.3, -0.25) is 0 Å². The van der Waals surface area contributed by atoms with Gasteiger partial charge in [-0.2, -0.15) is 0 Å². The van der Waals surface area contributed by atoms with Gasteiger partial charge in [0, 0.05) is 55.1 Å². The molecule has 2 aliphatic rings. The molecule has 2 aliphatic heterocycles. The molecule has 0 radical (unpaired) electrons. The minimum absolute atomic E-state index is 0.161. The summed E-state index contributed by atoms with van der Waals surface area (Å²) >= 11 is 0. The molecule has 1 amide bonds. The van der Waals surface area contributed by atoms with Crippen molar-refractivity contribution in [2.24, 2.45) is 0 Å². The Morgan fingerprint density at radius 3 is 2.53 bits per heavy atom. The van der Waals surface area contributed by atoms with Gasteiger partial charge in [-0.25, -0.2) is 23.2 Å². The zero-order valence-corrected chi connectivity index (χ0v) is 22.7. The molecule has 204 valence electrons. The first-order chi connectivity index (χ1) is 18.3. The van der Waals surface area contributed by atoms with Gasteiger partial charge in [-0.05, 0) is 31.9 Å². The number of anilines is 1. The van der Waals surface area contributed by atoms with E-state index in [9.17, 15) is 13.2 Å². The quantitative estimate of drug-likeness (QED) is 0.499. The highest BCUT2D eigenvalue weighted by Crippen LogP contribution is 2.47. The average Bonchev–Trinajstić information content (AvgIpc) is 3.41. The van der Waals surface area contributed by atoms with Crippen molar-refractivity contribution < 1.29 is 27.4 Å². The minimum Gasteiger partial charge on any atom is -0.491 e. The number of carbonyl (C=O) groups is 1. The van der Waals surface area contributed by atoms with Crippen molar-refractivity contribution in [3.05, 3.63) is 36.2 Å². The molecule has 2 saturated heterocycles. The minimum atomic E-state index is -3.71. The Morgan fingerprint density at radius 2 is 1.87 bits per heavy atom. The van der Waals surface area contributed by atoms with Crippen molar-refractivity contribution in [1.29, 1.82) is 0 Å². The molecule has 0 spiro atoms. The number of methoxy groups -OCH3 is 1. The molecule has 0 bridgehead atoms. The van der Waals surface area contributed by atoms with Crippen LogP contribution in [0.15, 0.2) is 30.5 Å². The zero-order valence-electron chi connectivity index (χ0n) is 21.9. The normalized spacial score (nSPS) is 18.0. The molecule has 2 aromatic heterocycles. The van der Waals surface area contributed by atoms with Crippen LogP contribution in [0.2, 0.25) is 0 Å². The second-order valence-electron chi connectivity index (χ2n) is 9.55. The smallest absolute Gasteiger partial charge is 0.409 e. The lowest BCUT2D eigenvalue weighted by Gasteiger charge is -2.40. The van der Waals surface area contributed by atoms with Crippen LogP contribution in [0.4, 0.5) is 10.6 Å². The Bertz CT molecular complexity index is 1430. The first-order valence-corrected chi connectivity index (χ1v) is 14.6. The van der Waals surface area contributed by atoms with Crippen molar-refractivity contribution in [3.63, 3.8) is 0 Å². The van der Waals surface area contributed by atoms with Crippen molar-refractivity contribution >= 4 is 32.7 Å². The monoisotopic (exact) mass is 543 g/mol. The predicted octanol–water partition coefficient (Wildman–Crippen LogP) is 2.96. The van der Waals surface area contributed by atoms with Gasteiger partial charge in [0.25, 0.3) is 0 Å². The molecule has 4 heterocycles. The lowest BCUT2D eigenvalue weighted by molar-refractivity contribution is 0.0935. The highest BCUT2D eigenvalue weighted by atomic mass is 32.2. The number of likely N-dealkylation sites (tertiary alicyclic amines) is 1. The third-order valence-corrected chi connectivity index (χ3v) is 9.46. The van der Waals surface area contributed by atoms with Crippen LogP contribution in [-0.4, -0.2) is 93.7 Å². The number of morpholine rings is 1. The van der Waals surface area contributed by atoms with Gasteiger partial charge in [0.15, 0.2) is 27.2 Å². The molecule has 11 nitrogen and oxygen atoms in total. The predicted molar refractivity (Wildman–Crippen MR) is 143 cm³/mol. The van der Waals surface area contributed by atoms with E-state index in [0.717, 1.165) is 16.5 Å². The Labute approximate surface area is 222 Å². The number of benzene rings is 1. The van der Waals surface area contributed by atoms with E-state index in [1.807, 2.05) is 30.5 Å². The maximum atomic E-state index is 13.6. The number of nitrogens with zero attached hydrogens (tertiary/aromatic N) is 4. The fourth-order valence-corrected chi connectivity index (χ4v) is 6.79. The molecule has 5 rings (SSSR count). The summed E-state index contributed by atoms with van der Waals surface area (Å²) in [6.45, 7) is 4.65. The summed E-state index contributed by atoms with van der Waals surface area (Å²) < 4.78 is 42.4. The standard InChI is InChI=1S/C26H33N5O6S/c1-4-37-25(32)31-12-9-26(10-13-31,38(3,33)34)22-21(35-2)24(30-14-16-36-17-15-30)29-23(28-22)19-6-5-7-20-18(19)8-11-27-20/h5-8,11,27H,4,9-10,12-17H2,1-3H3. The Kier molecular flexibility index (Phi) is 7.19. The van der Waals surface area contributed by atoms with Gasteiger partial charge >= 0.3 is 6.09 Å². The fourth-order valence-electron chi connectivity index (χ4n) is 5.37. The van der Waals surface area contributed by atoms with Crippen LogP contribution < -0.4 is 9.64 Å². The Morgan fingerprint density at radius 1 is 1.13 bits per heavy atom. The van der Waals surface area contributed by atoms with E-state index in [4.69, 9.17) is 24.2 Å². The van der Waals surface area contributed by atoms with Crippen LogP contribution in [0.5, 0.6) is 5.75 Å². The number of H-pyrrole nitrogens is 1. The average molecular weight is 544 g/mol. The molecule has 3 aromatic rings. The van der Waals surface area contributed by atoms with E-state index in [1.54, 1.807) is 11.8 Å². The van der Waals surface area contributed by atoms with Crippen LogP contribution in [0.1, 0.15) is 25.5 Å². The molecule has 0 aliphatic carbocycles. The fraction of sp³-hybridized carbons (Fsp3) is 0.500. The van der Waals surface area contributed by atoms with Crippen LogP contribution in [0.25, 0.3) is 22.3 Å². The van der Waals surface area contributed by atoms with Gasteiger partial charge in [0.05, 0.1) is 26.9 Å². The lowest BCUT2D eigenvalue weighted by Crippen LogP contribution is -2.49. The number of rotatable bonds is 6. The highest BCUT2D eigenvalue weighted by Gasteiger charge is 2.50. The maximum Gasteiger partial charge on any atom is 0.409 e. The molecule has 1 N–H and O–H groups in total. The number of aromatic nitrogens is 3. The van der Waals surface area contributed by atoms with Gasteiger partial charge in [-0.15, -0.1) is 0 Å². The maximum absolute atomic E-state index is 13.6. The largest absolute Gasteiger partial charge is 0.491 e. The van der Waals surface area contributed by atoms with Gasteiger partial charge in [-0.1, -0.05) is 12.1 Å². The summed E-state index contributed by atoms with van der Waals surface area (Å²) in [6.07, 6.45) is 2.96. The second-order valence-corrected chi connectivity index (χ2v) is 11.9. The number of ether oxygens (including phenoxy) is 3. The SMILES string of the molecule is CCOC(=O)N1CCC(c2nc(-c3cccc4[nH]ccc34)nc(N3CCOCC3)c2OC)(S(C)(=O)=O)CC1. The molecular formula is C26H33N5O6S. The molecule has 0 saturated carbocycles. The number of carbonyl (C=O) groups excluding carboxylic acids is 1. The number of nitrogens with one attached hydrogen (secondary N) is 1. The third kappa shape index (κ3) is 4.55. The Hall–Kier alpha value is -3.38. The van der Waals surface area contributed by atoms with Gasteiger partial charge in [0.2, 0.25) is 0 Å². The van der Waals surface area contributed by atoms with E-state index in [-0.39, 0.29) is 32.5 Å². The number of aromatic amines is 1. The van der Waals surface area contributed by atoms with E-state index in [0.29, 0.717) is 49.4 Å². The summed E-state index contributed by atoms with van der Waals surface area (Å²) in [5, 5.41) is 0.932. The van der Waals surface area contributed by atoms with Crippen molar-refractivity contribution in [2.45, 2.75) is 24.5 Å². The van der Waals surface area contributed by atoms with Gasteiger partial charge in [0.1, 0.15) is 10.4 Å². The third-order valence-electron chi connectivity index (χ3n) is 7.44. The molecule has 2 fully saturated rings. The van der Waals surface area contributed by atoms with Crippen LogP contribution >= 0.6 is 0 Å². The molecule has 0 unspecified atom stereocenters. The molecular weight excluding hydrogens is 510 g/mol. The number of fused-ring (bicyclic) bond motifs is 1. The molecule has 1 aromatic carbocycles. The number of sulfone groups is 1. The number of hydrogen-bond acceptors (Lipinski definition) is 9. The summed E-state index contributed by atoms with van der Waals surface area (Å²) in [5.41, 5.74) is 2.04. The van der Waals surface area contributed by atoms with E-state index in [2.05, 4.69) is 9.88 Å². The summed E-state index contributed by atoms with van der Waals surface area (Å²) in [6, 6.07) is 7.77. The molecule has 12 heteroatoms. The second kappa shape index (κ2) is 10.4. The topological polar surface area (TPSA) is 127 Å². The first kappa shape index (κ1) is 26.2. The van der Waals surface area contributed by atoms with E-state index >= 15 is 0 Å². The highest BCUT2D eigenvalue weighted by molar-refractivity contribution is 7.91. The van der Waals surface area contributed by atoms with E-state index < -0.39 is 20.7 Å². The van der Waals surface area contributed by atoms with Gasteiger partial charge < -0.3 is 29.0 Å². The van der Waals surface area contributed by atoms with Crippen LogP contribution in [-0.2, 0) is 24.1 Å². The van der Waals surface area contributed by atoms with Crippen molar-refractivity contribution in [2.75, 3.05) is 64.3 Å². The van der Waals surface area contributed by atoms with E-state index in [1.165, 1.54) is 13.4 Å². The van der Waals surface area contributed by atoms with Crippen LogP contribution in [0.3, 0.4) is 0 Å². The summed E-state index contributed by atoms with van der Waals surface area (Å²) in [4.78, 5) is 29.1. The Balaban J connectivity index is 1.71. The first-order valence-electron chi connectivity index (χ1n) is 12.8. The zero-order chi connectivity index (χ0) is 26.9. The molecule has 38 heavy (non-hydrogen) atoms. The van der Waals surface area contributed by atoms with Crippen LogP contribution in [0, 0.1) is 0 Å². The summed E-state index contributed by atoms with van der Waals surface area (Å²) in [7, 11) is -2.19. The number of amides is 1. The number of hydrogen-bond donors (Lipinski definition) is 1. The van der Waals surface area contributed by atoms with Crippen molar-refractivity contribution in [1.82, 2.24) is 19.9 Å². The molecule has 0 atom stereocenters. The lowest BCUT2D eigenvalue weighted by atomic mass is 9.91. The number of piperidine rings is 1.